The van der Waals surface area contributed by atoms with Gasteiger partial charge in [-0.05, 0) is 30.2 Å². The van der Waals surface area contributed by atoms with Gasteiger partial charge in [-0.2, -0.15) is 26.3 Å². The predicted molar refractivity (Wildman–Crippen MR) is 128 cm³/mol. The fourth-order valence-electron chi connectivity index (χ4n) is 3.23. The summed E-state index contributed by atoms with van der Waals surface area (Å²) in [6, 6.07) is 2.72. The summed E-state index contributed by atoms with van der Waals surface area (Å²) < 4.78 is 126. The van der Waals surface area contributed by atoms with Crippen molar-refractivity contribution in [1.29, 1.82) is 0 Å². The molecule has 6 nitrogen and oxygen atoms in total. The van der Waals surface area contributed by atoms with E-state index in [-0.39, 0.29) is 33.4 Å². The Balaban J connectivity index is 0.000000226. The zero-order chi connectivity index (χ0) is 30.5. The molecule has 0 saturated carbocycles. The number of aromatic nitrogens is 6. The summed E-state index contributed by atoms with van der Waals surface area (Å²) in [4.78, 5) is 20.2. The first-order valence-electron chi connectivity index (χ1n) is 11.0. The van der Waals surface area contributed by atoms with E-state index in [1.807, 2.05) is 0 Å². The molecule has 218 valence electrons. The standard InChI is InChI=1S/C12H7BrF5N3.C12H8F5N3/c13-2-7-1-8(9(5-19-7)10(14)15)6-3-20-11(21-4-6)12(16,17)18;1-6-2-8(9(5-18-6)10(13)14)7-3-19-11(20-4-7)12(15,16)17/h1,3-5,10H,2H2;2-5,10H,1H3. The average Bonchev–Trinajstić information content (AvgIpc) is 2.92. The minimum Gasteiger partial charge on any atom is -0.261 e. The molecule has 0 aliphatic rings. The van der Waals surface area contributed by atoms with Gasteiger partial charge in [0.1, 0.15) is 0 Å². The normalized spacial score (nSPS) is 12.0. The van der Waals surface area contributed by atoms with Gasteiger partial charge in [0.15, 0.2) is 0 Å². The van der Waals surface area contributed by atoms with Gasteiger partial charge in [0, 0.05) is 70.5 Å². The second-order valence-corrected chi connectivity index (χ2v) is 8.56. The van der Waals surface area contributed by atoms with Gasteiger partial charge in [-0.3, -0.25) is 9.97 Å². The maximum atomic E-state index is 12.9. The Morgan fingerprint density at radius 3 is 1.37 bits per heavy atom. The lowest BCUT2D eigenvalue weighted by molar-refractivity contribution is -0.145. The van der Waals surface area contributed by atoms with Crippen LogP contribution in [0.4, 0.5) is 43.9 Å². The highest BCUT2D eigenvalue weighted by Crippen LogP contribution is 2.33. The molecule has 0 spiro atoms. The van der Waals surface area contributed by atoms with Gasteiger partial charge in [-0.25, -0.2) is 37.5 Å². The molecule has 0 N–H and O–H groups in total. The molecule has 0 atom stereocenters. The highest BCUT2D eigenvalue weighted by molar-refractivity contribution is 9.08. The molecule has 0 radical (unpaired) electrons. The van der Waals surface area contributed by atoms with Crippen molar-refractivity contribution in [2.45, 2.75) is 37.5 Å². The highest BCUT2D eigenvalue weighted by atomic mass is 79.9. The molecule has 0 aliphatic carbocycles. The zero-order valence-electron chi connectivity index (χ0n) is 20.3. The first kappa shape index (κ1) is 31.8. The van der Waals surface area contributed by atoms with Crippen LogP contribution in [-0.4, -0.2) is 29.9 Å². The van der Waals surface area contributed by atoms with Crippen molar-refractivity contribution in [2.75, 3.05) is 0 Å². The van der Waals surface area contributed by atoms with Crippen LogP contribution >= 0.6 is 15.9 Å². The van der Waals surface area contributed by atoms with E-state index in [1.165, 1.54) is 12.1 Å². The molecular weight excluding hydrogens is 642 g/mol. The smallest absolute Gasteiger partial charge is 0.261 e. The minimum atomic E-state index is -4.68. The summed E-state index contributed by atoms with van der Waals surface area (Å²) in [5.41, 5.74) is 0.451. The molecule has 17 heteroatoms. The third-order valence-corrected chi connectivity index (χ3v) is 5.68. The van der Waals surface area contributed by atoms with Gasteiger partial charge in [0.25, 0.3) is 12.9 Å². The molecule has 41 heavy (non-hydrogen) atoms. The van der Waals surface area contributed by atoms with Gasteiger partial charge < -0.3 is 0 Å². The Bertz CT molecular complexity index is 1460. The van der Waals surface area contributed by atoms with Gasteiger partial charge in [-0.1, -0.05) is 15.9 Å². The Morgan fingerprint density at radius 2 is 1.00 bits per heavy atom. The predicted octanol–water partition coefficient (Wildman–Crippen LogP) is 8.19. The summed E-state index contributed by atoms with van der Waals surface area (Å²) >= 11 is 3.13. The van der Waals surface area contributed by atoms with Crippen molar-refractivity contribution in [3.8, 4) is 22.3 Å². The van der Waals surface area contributed by atoms with E-state index in [9.17, 15) is 43.9 Å². The van der Waals surface area contributed by atoms with E-state index in [0.29, 0.717) is 16.7 Å². The number of nitrogens with zero attached hydrogens (tertiary/aromatic N) is 6. The van der Waals surface area contributed by atoms with Gasteiger partial charge in [0.2, 0.25) is 11.6 Å². The molecular formula is C24H15BrF10N6. The molecule has 0 unspecified atom stereocenters. The van der Waals surface area contributed by atoms with Crippen molar-refractivity contribution in [1.82, 2.24) is 29.9 Å². The lowest BCUT2D eigenvalue weighted by atomic mass is 10.0. The summed E-state index contributed by atoms with van der Waals surface area (Å²) in [5, 5.41) is 0.324. The molecule has 0 aromatic carbocycles. The monoisotopic (exact) mass is 656 g/mol. The van der Waals surface area contributed by atoms with Crippen LogP contribution in [0.2, 0.25) is 0 Å². The highest BCUT2D eigenvalue weighted by Gasteiger charge is 2.35. The number of aryl methyl sites for hydroxylation is 1. The minimum absolute atomic E-state index is 0.0585. The Morgan fingerprint density at radius 1 is 0.610 bits per heavy atom. The quantitative estimate of drug-likeness (QED) is 0.159. The SMILES string of the molecule is Cc1cc(-c2cnc(C(F)(F)F)nc2)c(C(F)F)cn1.FC(F)c1cnc(CBr)cc1-c1cnc(C(F)(F)F)nc1. The second-order valence-electron chi connectivity index (χ2n) is 8.00. The molecule has 0 amide bonds. The van der Waals surface area contributed by atoms with Gasteiger partial charge >= 0.3 is 12.4 Å². The summed E-state index contributed by atoms with van der Waals surface area (Å²) in [6.07, 6.45) is -9.47. The summed E-state index contributed by atoms with van der Waals surface area (Å²) in [6.45, 7) is 1.59. The first-order valence-corrected chi connectivity index (χ1v) is 12.1. The molecule has 0 bridgehead atoms. The van der Waals surface area contributed by atoms with Crippen LogP contribution in [0.25, 0.3) is 22.3 Å². The molecule has 0 fully saturated rings. The molecule has 4 aromatic heterocycles. The van der Waals surface area contributed by atoms with Crippen LogP contribution in [-0.2, 0) is 17.7 Å². The maximum Gasteiger partial charge on any atom is 0.451 e. The van der Waals surface area contributed by atoms with E-state index >= 15 is 0 Å². The Hall–Kier alpha value is -3.76. The van der Waals surface area contributed by atoms with Crippen LogP contribution < -0.4 is 0 Å². The Kier molecular flexibility index (Phi) is 9.94. The fourth-order valence-corrected chi connectivity index (χ4v) is 3.53. The summed E-state index contributed by atoms with van der Waals surface area (Å²) in [7, 11) is 0. The van der Waals surface area contributed by atoms with Gasteiger partial charge in [0.05, 0.1) is 5.69 Å². The van der Waals surface area contributed by atoms with Crippen molar-refractivity contribution in [3.63, 3.8) is 0 Å². The van der Waals surface area contributed by atoms with E-state index in [2.05, 4.69) is 45.8 Å². The second kappa shape index (κ2) is 12.8. The average molecular weight is 657 g/mol. The number of pyridine rings is 2. The fraction of sp³-hybridized carbons (Fsp3) is 0.250. The number of rotatable bonds is 5. The lowest BCUT2D eigenvalue weighted by Crippen LogP contribution is -2.10. The topological polar surface area (TPSA) is 77.3 Å². The van der Waals surface area contributed by atoms with Crippen molar-refractivity contribution in [2.24, 2.45) is 0 Å². The van der Waals surface area contributed by atoms with E-state index < -0.39 is 36.9 Å². The van der Waals surface area contributed by atoms with Crippen molar-refractivity contribution < 1.29 is 43.9 Å². The first-order chi connectivity index (χ1) is 19.1. The third-order valence-electron chi connectivity index (χ3n) is 5.10. The van der Waals surface area contributed by atoms with Crippen LogP contribution in [0.15, 0.2) is 49.3 Å². The van der Waals surface area contributed by atoms with E-state index in [4.69, 9.17) is 0 Å². The van der Waals surface area contributed by atoms with Crippen molar-refractivity contribution >= 4 is 15.9 Å². The molecule has 0 aliphatic heterocycles. The zero-order valence-corrected chi connectivity index (χ0v) is 21.9. The van der Waals surface area contributed by atoms with E-state index in [0.717, 1.165) is 37.2 Å². The number of halogens is 11. The molecule has 4 heterocycles. The lowest BCUT2D eigenvalue weighted by Gasteiger charge is -2.10. The number of alkyl halides is 11. The largest absolute Gasteiger partial charge is 0.451 e. The van der Waals surface area contributed by atoms with E-state index in [1.54, 1.807) is 6.92 Å². The molecule has 4 aromatic rings. The van der Waals surface area contributed by atoms with Crippen LogP contribution in [0, 0.1) is 6.92 Å². The van der Waals surface area contributed by atoms with Crippen LogP contribution in [0.5, 0.6) is 0 Å². The van der Waals surface area contributed by atoms with Crippen LogP contribution in [0.1, 0.15) is 47.0 Å². The molecule has 4 rings (SSSR count). The number of hydrogen-bond acceptors (Lipinski definition) is 6. The third kappa shape index (κ3) is 8.14. The Labute approximate surface area is 233 Å². The van der Waals surface area contributed by atoms with Crippen LogP contribution in [0.3, 0.4) is 0 Å². The van der Waals surface area contributed by atoms with Gasteiger partial charge in [-0.15, -0.1) is 0 Å². The maximum absolute atomic E-state index is 12.9. The number of hydrogen-bond donors (Lipinski definition) is 0. The van der Waals surface area contributed by atoms with Crippen molar-refractivity contribution in [3.05, 3.63) is 83.5 Å². The molecule has 0 saturated heterocycles. The summed E-state index contributed by atoms with van der Waals surface area (Å²) in [5.74, 6) is -2.63.